The Morgan fingerprint density at radius 2 is 1.73 bits per heavy atom. The molecule has 1 fully saturated rings. The van der Waals surface area contributed by atoms with Crippen LogP contribution in [0.3, 0.4) is 0 Å². The first kappa shape index (κ1) is 22.5. The fraction of sp³-hybridized carbons (Fsp3) is 0.333. The maximum absolute atomic E-state index is 13.0. The molecule has 2 aromatic rings. The molecule has 1 aliphatic rings. The van der Waals surface area contributed by atoms with E-state index in [9.17, 15) is 18.0 Å². The van der Waals surface area contributed by atoms with Gasteiger partial charge in [0.2, 0.25) is 15.9 Å². The highest BCUT2D eigenvalue weighted by atomic mass is 79.9. The Kier molecular flexibility index (Phi) is 6.95. The van der Waals surface area contributed by atoms with Gasteiger partial charge in [-0.3, -0.25) is 9.59 Å². The molecule has 9 heteroatoms. The van der Waals surface area contributed by atoms with Gasteiger partial charge in [-0.1, -0.05) is 34.1 Å². The summed E-state index contributed by atoms with van der Waals surface area (Å²) in [4.78, 5) is 26.5. The van der Waals surface area contributed by atoms with E-state index in [4.69, 9.17) is 0 Å². The van der Waals surface area contributed by atoms with Crippen molar-refractivity contribution in [3.63, 3.8) is 0 Å². The van der Waals surface area contributed by atoms with E-state index in [0.717, 1.165) is 10.0 Å². The molecule has 0 radical (unpaired) electrons. The van der Waals surface area contributed by atoms with E-state index >= 15 is 0 Å². The molecule has 2 aromatic carbocycles. The molecule has 30 heavy (non-hydrogen) atoms. The van der Waals surface area contributed by atoms with Crippen LogP contribution in [-0.4, -0.2) is 62.2 Å². The van der Waals surface area contributed by atoms with Crippen LogP contribution in [0.5, 0.6) is 0 Å². The van der Waals surface area contributed by atoms with Crippen molar-refractivity contribution in [2.45, 2.75) is 18.7 Å². The van der Waals surface area contributed by atoms with Gasteiger partial charge in [-0.15, -0.1) is 0 Å². The minimum atomic E-state index is -3.61. The number of piperazine rings is 1. The zero-order valence-electron chi connectivity index (χ0n) is 16.9. The summed E-state index contributed by atoms with van der Waals surface area (Å²) in [6, 6.07) is 12.3. The molecule has 1 saturated heterocycles. The van der Waals surface area contributed by atoms with E-state index in [-0.39, 0.29) is 44.5 Å². The number of nitrogens with one attached hydrogen (secondary N) is 1. The normalized spacial score (nSPS) is 15.1. The van der Waals surface area contributed by atoms with Crippen LogP contribution < -0.4 is 5.32 Å². The van der Waals surface area contributed by atoms with E-state index < -0.39 is 10.0 Å². The molecular formula is C21H24BrN3O4S. The Morgan fingerprint density at radius 3 is 2.40 bits per heavy atom. The SMILES string of the molecule is Cc1ccc(C)c(S(=O)(=O)N2CCN(C(=O)CNC(=O)c3cccc(Br)c3)CC2)c1. The number of hydrogen-bond donors (Lipinski definition) is 1. The number of carbonyl (C=O) groups excluding carboxylic acids is 2. The first-order valence-corrected chi connectivity index (χ1v) is 11.8. The van der Waals surface area contributed by atoms with Gasteiger partial charge in [-0.2, -0.15) is 4.31 Å². The lowest BCUT2D eigenvalue weighted by atomic mass is 10.2. The Bertz CT molecular complexity index is 1060. The van der Waals surface area contributed by atoms with Crippen molar-refractivity contribution in [3.8, 4) is 0 Å². The number of nitrogens with zero attached hydrogens (tertiary/aromatic N) is 2. The van der Waals surface area contributed by atoms with Crippen molar-refractivity contribution < 1.29 is 18.0 Å². The minimum Gasteiger partial charge on any atom is -0.343 e. The van der Waals surface area contributed by atoms with Gasteiger partial charge < -0.3 is 10.2 Å². The maximum atomic E-state index is 13.0. The molecular weight excluding hydrogens is 470 g/mol. The molecule has 1 N–H and O–H groups in total. The summed E-state index contributed by atoms with van der Waals surface area (Å²) in [5, 5.41) is 2.62. The molecule has 160 valence electrons. The van der Waals surface area contributed by atoms with Gasteiger partial charge >= 0.3 is 0 Å². The third-order valence-corrected chi connectivity index (χ3v) is 7.57. The molecule has 3 rings (SSSR count). The van der Waals surface area contributed by atoms with E-state index in [1.807, 2.05) is 19.1 Å². The van der Waals surface area contributed by atoms with Crippen LogP contribution >= 0.6 is 15.9 Å². The van der Waals surface area contributed by atoms with Crippen LogP contribution in [-0.2, 0) is 14.8 Å². The molecule has 7 nitrogen and oxygen atoms in total. The van der Waals surface area contributed by atoms with Gasteiger partial charge in [0, 0.05) is 36.2 Å². The fourth-order valence-corrected chi connectivity index (χ4v) is 5.43. The second kappa shape index (κ2) is 9.28. The predicted octanol–water partition coefficient (Wildman–Crippen LogP) is 2.33. The summed E-state index contributed by atoms with van der Waals surface area (Å²) in [5.74, 6) is -0.567. The van der Waals surface area contributed by atoms with Crippen LogP contribution in [0.2, 0.25) is 0 Å². The van der Waals surface area contributed by atoms with Gasteiger partial charge in [0.05, 0.1) is 11.4 Å². The van der Waals surface area contributed by atoms with Crippen LogP contribution in [0, 0.1) is 13.8 Å². The number of rotatable bonds is 5. The highest BCUT2D eigenvalue weighted by molar-refractivity contribution is 9.10. The van der Waals surface area contributed by atoms with Crippen LogP contribution in [0.4, 0.5) is 0 Å². The van der Waals surface area contributed by atoms with Crippen LogP contribution in [0.15, 0.2) is 51.8 Å². The molecule has 0 atom stereocenters. The Balaban J connectivity index is 1.56. The topological polar surface area (TPSA) is 86.8 Å². The van der Waals surface area contributed by atoms with Crippen molar-refractivity contribution in [1.29, 1.82) is 0 Å². The lowest BCUT2D eigenvalue weighted by Gasteiger charge is -2.34. The van der Waals surface area contributed by atoms with Crippen molar-refractivity contribution in [3.05, 3.63) is 63.6 Å². The van der Waals surface area contributed by atoms with Crippen LogP contribution in [0.25, 0.3) is 0 Å². The summed E-state index contributed by atoms with van der Waals surface area (Å²) in [6.07, 6.45) is 0. The Hall–Kier alpha value is -2.23. The molecule has 1 heterocycles. The Labute approximate surface area is 185 Å². The molecule has 0 aromatic heterocycles. The van der Waals surface area contributed by atoms with Gasteiger partial charge in [-0.25, -0.2) is 8.42 Å². The lowest BCUT2D eigenvalue weighted by Crippen LogP contribution is -2.52. The fourth-order valence-electron chi connectivity index (χ4n) is 3.30. The Morgan fingerprint density at radius 1 is 1.03 bits per heavy atom. The van der Waals surface area contributed by atoms with Crippen molar-refractivity contribution >= 4 is 37.8 Å². The highest BCUT2D eigenvalue weighted by Crippen LogP contribution is 2.22. The van der Waals surface area contributed by atoms with E-state index in [1.165, 1.54) is 4.31 Å². The summed E-state index contributed by atoms with van der Waals surface area (Å²) in [6.45, 7) is 4.53. The number of carbonyl (C=O) groups is 2. The summed E-state index contributed by atoms with van der Waals surface area (Å²) < 4.78 is 28.2. The molecule has 0 bridgehead atoms. The number of amides is 2. The molecule has 1 aliphatic heterocycles. The number of benzene rings is 2. The molecule has 2 amide bonds. The average Bonchev–Trinajstić information content (AvgIpc) is 2.73. The monoisotopic (exact) mass is 493 g/mol. The standard InChI is InChI=1S/C21H24BrN3O4S/c1-15-6-7-16(2)19(12-15)30(28,29)25-10-8-24(9-11-25)20(26)14-23-21(27)17-4-3-5-18(22)13-17/h3-7,12-13H,8-11,14H2,1-2H3,(H,23,27). The van der Waals surface area contributed by atoms with Gasteiger partial charge in [0.1, 0.15) is 0 Å². The third-order valence-electron chi connectivity index (χ3n) is 5.04. The van der Waals surface area contributed by atoms with Gasteiger partial charge in [-0.05, 0) is 49.2 Å². The van der Waals surface area contributed by atoms with Crippen molar-refractivity contribution in [1.82, 2.24) is 14.5 Å². The summed E-state index contributed by atoms with van der Waals surface area (Å²) in [7, 11) is -3.61. The smallest absolute Gasteiger partial charge is 0.251 e. The predicted molar refractivity (Wildman–Crippen MR) is 118 cm³/mol. The van der Waals surface area contributed by atoms with Crippen molar-refractivity contribution in [2.24, 2.45) is 0 Å². The second-order valence-electron chi connectivity index (χ2n) is 7.25. The minimum absolute atomic E-state index is 0.130. The van der Waals surface area contributed by atoms with E-state index in [0.29, 0.717) is 16.0 Å². The average molecular weight is 494 g/mol. The summed E-state index contributed by atoms with van der Waals surface area (Å²) in [5.41, 5.74) is 2.05. The number of hydrogen-bond acceptors (Lipinski definition) is 4. The number of halogens is 1. The van der Waals surface area contributed by atoms with E-state index in [2.05, 4.69) is 21.2 Å². The lowest BCUT2D eigenvalue weighted by molar-refractivity contribution is -0.131. The molecule has 0 spiro atoms. The second-order valence-corrected chi connectivity index (χ2v) is 10.1. The quantitative estimate of drug-likeness (QED) is 0.692. The zero-order chi connectivity index (χ0) is 21.9. The van der Waals surface area contributed by atoms with Gasteiger partial charge in [0.25, 0.3) is 5.91 Å². The molecule has 0 saturated carbocycles. The maximum Gasteiger partial charge on any atom is 0.251 e. The van der Waals surface area contributed by atoms with E-state index in [1.54, 1.807) is 42.2 Å². The zero-order valence-corrected chi connectivity index (χ0v) is 19.3. The molecule has 0 aliphatic carbocycles. The first-order valence-electron chi connectivity index (χ1n) is 9.57. The molecule has 0 unspecified atom stereocenters. The number of aryl methyl sites for hydroxylation is 2. The number of sulfonamides is 1. The largest absolute Gasteiger partial charge is 0.343 e. The van der Waals surface area contributed by atoms with Crippen molar-refractivity contribution in [2.75, 3.05) is 32.7 Å². The third kappa shape index (κ3) is 5.08. The van der Waals surface area contributed by atoms with Crippen LogP contribution in [0.1, 0.15) is 21.5 Å². The first-order chi connectivity index (χ1) is 14.2. The summed E-state index contributed by atoms with van der Waals surface area (Å²) >= 11 is 3.31. The highest BCUT2D eigenvalue weighted by Gasteiger charge is 2.31. The van der Waals surface area contributed by atoms with Gasteiger partial charge in [0.15, 0.2) is 0 Å².